The molecule has 13 heavy (non-hydrogen) atoms. The standard InChI is InChI=1S/C10H21NO2/c1-9(2,3)10(4)12-7-8(13-10)5-6-11/h8H,5-7,11H2,1-4H3. The predicted octanol–water partition coefficient (Wildman–Crippen LogP) is 1.51. The molecule has 1 aliphatic heterocycles. The van der Waals surface area contributed by atoms with Crippen LogP contribution in [-0.2, 0) is 9.47 Å². The first kappa shape index (κ1) is 11.0. The maximum Gasteiger partial charge on any atom is 0.170 e. The summed E-state index contributed by atoms with van der Waals surface area (Å²) >= 11 is 0. The Labute approximate surface area is 80.6 Å². The number of hydrogen-bond donors (Lipinski definition) is 1. The Morgan fingerprint density at radius 2 is 2.08 bits per heavy atom. The number of ether oxygens (including phenoxy) is 2. The lowest BCUT2D eigenvalue weighted by atomic mass is 9.87. The first-order valence-electron chi connectivity index (χ1n) is 4.91. The summed E-state index contributed by atoms with van der Waals surface area (Å²) in [5.74, 6) is -0.452. The fourth-order valence-corrected chi connectivity index (χ4v) is 1.36. The van der Waals surface area contributed by atoms with E-state index in [0.717, 1.165) is 6.42 Å². The molecule has 0 saturated carbocycles. The summed E-state index contributed by atoms with van der Waals surface area (Å²) in [4.78, 5) is 0. The fourth-order valence-electron chi connectivity index (χ4n) is 1.36. The van der Waals surface area contributed by atoms with Crippen molar-refractivity contribution in [3.63, 3.8) is 0 Å². The molecule has 0 amide bonds. The molecular weight excluding hydrogens is 166 g/mol. The highest BCUT2D eigenvalue weighted by Gasteiger charge is 2.46. The highest BCUT2D eigenvalue weighted by atomic mass is 16.7. The molecule has 1 rings (SSSR count). The maximum absolute atomic E-state index is 5.85. The van der Waals surface area contributed by atoms with Crippen molar-refractivity contribution >= 4 is 0 Å². The van der Waals surface area contributed by atoms with Gasteiger partial charge in [0.1, 0.15) is 0 Å². The molecular formula is C10H21NO2. The van der Waals surface area contributed by atoms with Crippen LogP contribution in [0, 0.1) is 5.41 Å². The van der Waals surface area contributed by atoms with E-state index in [2.05, 4.69) is 20.8 Å². The molecule has 0 spiro atoms. The Hall–Kier alpha value is -0.120. The van der Waals surface area contributed by atoms with Crippen molar-refractivity contribution in [3.8, 4) is 0 Å². The van der Waals surface area contributed by atoms with E-state index >= 15 is 0 Å². The average Bonchev–Trinajstić information content (AvgIpc) is 2.32. The normalized spacial score (nSPS) is 35.3. The molecule has 1 fully saturated rings. The molecule has 1 saturated heterocycles. The summed E-state index contributed by atoms with van der Waals surface area (Å²) in [7, 11) is 0. The summed E-state index contributed by atoms with van der Waals surface area (Å²) < 4.78 is 11.5. The SMILES string of the molecule is CC(C)(C)C1(C)OCC(CCN)O1. The van der Waals surface area contributed by atoms with Gasteiger partial charge in [-0.15, -0.1) is 0 Å². The van der Waals surface area contributed by atoms with Crippen molar-refractivity contribution in [2.24, 2.45) is 11.1 Å². The minimum absolute atomic E-state index is 0.0103. The van der Waals surface area contributed by atoms with Crippen molar-refractivity contribution in [2.75, 3.05) is 13.2 Å². The van der Waals surface area contributed by atoms with Crippen molar-refractivity contribution in [1.29, 1.82) is 0 Å². The summed E-state index contributed by atoms with van der Waals surface area (Å²) in [5, 5.41) is 0. The molecule has 1 aliphatic rings. The largest absolute Gasteiger partial charge is 0.347 e. The van der Waals surface area contributed by atoms with Gasteiger partial charge in [-0.3, -0.25) is 0 Å². The van der Waals surface area contributed by atoms with Crippen molar-refractivity contribution < 1.29 is 9.47 Å². The zero-order chi connectivity index (χ0) is 10.1. The van der Waals surface area contributed by atoms with E-state index in [9.17, 15) is 0 Å². The number of nitrogens with two attached hydrogens (primary N) is 1. The number of hydrogen-bond acceptors (Lipinski definition) is 3. The lowest BCUT2D eigenvalue weighted by molar-refractivity contribution is -0.217. The zero-order valence-electron chi connectivity index (χ0n) is 9.09. The third-order valence-corrected chi connectivity index (χ3v) is 2.79. The van der Waals surface area contributed by atoms with Gasteiger partial charge in [0.15, 0.2) is 5.79 Å². The molecule has 0 aromatic heterocycles. The van der Waals surface area contributed by atoms with Crippen LogP contribution in [0.4, 0.5) is 0 Å². The van der Waals surface area contributed by atoms with Gasteiger partial charge in [0, 0.05) is 5.41 Å². The van der Waals surface area contributed by atoms with E-state index in [0.29, 0.717) is 13.2 Å². The maximum atomic E-state index is 5.85. The van der Waals surface area contributed by atoms with Gasteiger partial charge < -0.3 is 15.2 Å². The molecule has 0 bridgehead atoms. The Kier molecular flexibility index (Phi) is 3.00. The van der Waals surface area contributed by atoms with Gasteiger partial charge in [-0.25, -0.2) is 0 Å². The van der Waals surface area contributed by atoms with E-state index in [1.54, 1.807) is 0 Å². The smallest absolute Gasteiger partial charge is 0.170 e. The van der Waals surface area contributed by atoms with E-state index in [-0.39, 0.29) is 11.5 Å². The molecule has 0 aromatic rings. The summed E-state index contributed by atoms with van der Waals surface area (Å²) in [5.41, 5.74) is 5.48. The van der Waals surface area contributed by atoms with Crippen molar-refractivity contribution in [2.45, 2.75) is 46.0 Å². The molecule has 2 atom stereocenters. The first-order chi connectivity index (χ1) is 5.89. The topological polar surface area (TPSA) is 44.5 Å². The Morgan fingerprint density at radius 3 is 2.46 bits per heavy atom. The highest BCUT2D eigenvalue weighted by Crippen LogP contribution is 2.39. The first-order valence-corrected chi connectivity index (χ1v) is 4.91. The van der Waals surface area contributed by atoms with Gasteiger partial charge in [-0.1, -0.05) is 20.8 Å². The van der Waals surface area contributed by atoms with Crippen LogP contribution in [0.25, 0.3) is 0 Å². The predicted molar refractivity (Wildman–Crippen MR) is 52.4 cm³/mol. The Bertz CT molecular complexity index is 176. The summed E-state index contributed by atoms with van der Waals surface area (Å²) in [6, 6.07) is 0. The third kappa shape index (κ3) is 2.22. The van der Waals surface area contributed by atoms with Gasteiger partial charge in [0.05, 0.1) is 12.7 Å². The van der Waals surface area contributed by atoms with Gasteiger partial charge in [0.2, 0.25) is 0 Å². The molecule has 78 valence electrons. The minimum atomic E-state index is -0.452. The summed E-state index contributed by atoms with van der Waals surface area (Å²) in [6.45, 7) is 9.70. The van der Waals surface area contributed by atoms with Gasteiger partial charge >= 0.3 is 0 Å². The average molecular weight is 187 g/mol. The summed E-state index contributed by atoms with van der Waals surface area (Å²) in [6.07, 6.45) is 1.06. The minimum Gasteiger partial charge on any atom is -0.347 e. The number of rotatable bonds is 2. The lowest BCUT2D eigenvalue weighted by Crippen LogP contribution is -2.41. The van der Waals surface area contributed by atoms with Crippen molar-refractivity contribution in [3.05, 3.63) is 0 Å². The Morgan fingerprint density at radius 1 is 1.46 bits per heavy atom. The van der Waals surface area contributed by atoms with Crippen LogP contribution in [0.3, 0.4) is 0 Å². The molecule has 2 unspecified atom stereocenters. The zero-order valence-corrected chi connectivity index (χ0v) is 9.09. The van der Waals surface area contributed by atoms with Gasteiger partial charge in [-0.05, 0) is 19.9 Å². The van der Waals surface area contributed by atoms with E-state index in [4.69, 9.17) is 15.2 Å². The molecule has 3 nitrogen and oxygen atoms in total. The monoisotopic (exact) mass is 187 g/mol. The quantitative estimate of drug-likeness (QED) is 0.712. The fraction of sp³-hybridized carbons (Fsp3) is 1.00. The second-order valence-corrected chi connectivity index (χ2v) is 4.82. The Balaban J connectivity index is 2.56. The van der Waals surface area contributed by atoms with E-state index < -0.39 is 5.79 Å². The van der Waals surface area contributed by atoms with Crippen LogP contribution >= 0.6 is 0 Å². The molecule has 1 heterocycles. The van der Waals surface area contributed by atoms with E-state index in [1.165, 1.54) is 0 Å². The third-order valence-electron chi connectivity index (χ3n) is 2.79. The van der Waals surface area contributed by atoms with Crippen LogP contribution in [-0.4, -0.2) is 25.0 Å². The second-order valence-electron chi connectivity index (χ2n) is 4.82. The molecule has 0 aliphatic carbocycles. The molecule has 0 aromatic carbocycles. The van der Waals surface area contributed by atoms with Crippen LogP contribution in [0.1, 0.15) is 34.1 Å². The van der Waals surface area contributed by atoms with Crippen molar-refractivity contribution in [1.82, 2.24) is 0 Å². The van der Waals surface area contributed by atoms with Crippen LogP contribution < -0.4 is 5.73 Å². The van der Waals surface area contributed by atoms with E-state index in [1.807, 2.05) is 6.92 Å². The molecule has 2 N–H and O–H groups in total. The van der Waals surface area contributed by atoms with Crippen LogP contribution in [0.2, 0.25) is 0 Å². The molecule has 0 radical (unpaired) electrons. The van der Waals surface area contributed by atoms with Gasteiger partial charge in [-0.2, -0.15) is 0 Å². The lowest BCUT2D eigenvalue weighted by Gasteiger charge is -2.36. The second kappa shape index (κ2) is 3.56. The van der Waals surface area contributed by atoms with Crippen LogP contribution in [0.15, 0.2) is 0 Å². The van der Waals surface area contributed by atoms with Crippen LogP contribution in [0.5, 0.6) is 0 Å². The highest BCUT2D eigenvalue weighted by molar-refractivity contribution is 4.85. The molecule has 3 heteroatoms. The van der Waals surface area contributed by atoms with Gasteiger partial charge in [0.25, 0.3) is 0 Å².